The van der Waals surface area contributed by atoms with Crippen LogP contribution >= 0.6 is 11.6 Å². The van der Waals surface area contributed by atoms with Gasteiger partial charge in [0.05, 0.1) is 24.3 Å². The first-order valence-electron chi connectivity index (χ1n) is 7.39. The van der Waals surface area contributed by atoms with Crippen molar-refractivity contribution in [2.75, 3.05) is 5.32 Å². The van der Waals surface area contributed by atoms with E-state index < -0.39 is 0 Å². The number of hydrogen-bond acceptors (Lipinski definition) is 6. The van der Waals surface area contributed by atoms with Gasteiger partial charge in [-0.05, 0) is 12.5 Å². The second-order valence-corrected chi connectivity index (χ2v) is 5.75. The molecule has 24 heavy (non-hydrogen) atoms. The maximum absolute atomic E-state index is 11.8. The van der Waals surface area contributed by atoms with Crippen molar-refractivity contribution in [1.82, 2.24) is 19.9 Å². The molecule has 2 aromatic heterocycles. The predicted molar refractivity (Wildman–Crippen MR) is 90.1 cm³/mol. The van der Waals surface area contributed by atoms with Crippen LogP contribution in [0.25, 0.3) is 0 Å². The summed E-state index contributed by atoms with van der Waals surface area (Å²) in [5, 5.41) is 11.1. The van der Waals surface area contributed by atoms with Crippen LogP contribution in [0.2, 0.25) is 5.02 Å². The zero-order chi connectivity index (χ0) is 17.1. The highest BCUT2D eigenvalue weighted by Crippen LogP contribution is 2.21. The van der Waals surface area contributed by atoms with Crippen LogP contribution in [0.5, 0.6) is 0 Å². The molecule has 2 heterocycles. The van der Waals surface area contributed by atoms with Crippen molar-refractivity contribution < 1.29 is 4.52 Å². The van der Waals surface area contributed by atoms with E-state index in [0.717, 1.165) is 5.56 Å². The van der Waals surface area contributed by atoms with Gasteiger partial charge in [0.25, 0.3) is 5.56 Å². The number of aromatic nitrogens is 4. The number of rotatable bonds is 5. The maximum atomic E-state index is 11.8. The monoisotopic (exact) mass is 345 g/mol. The van der Waals surface area contributed by atoms with E-state index in [4.69, 9.17) is 16.1 Å². The van der Waals surface area contributed by atoms with Gasteiger partial charge in [-0.3, -0.25) is 4.79 Å². The molecule has 124 valence electrons. The minimum atomic E-state index is -0.369. The summed E-state index contributed by atoms with van der Waals surface area (Å²) < 4.78 is 6.46. The molecule has 0 spiro atoms. The molecule has 1 N–H and O–H groups in total. The Morgan fingerprint density at radius 3 is 2.83 bits per heavy atom. The van der Waals surface area contributed by atoms with Gasteiger partial charge in [0.1, 0.15) is 5.02 Å². The molecule has 7 nitrogen and oxygen atoms in total. The minimum Gasteiger partial charge on any atom is -0.373 e. The summed E-state index contributed by atoms with van der Waals surface area (Å²) in [5.74, 6) is 1.01. The molecule has 0 aliphatic heterocycles. The van der Waals surface area contributed by atoms with Crippen molar-refractivity contribution >= 4 is 17.3 Å². The van der Waals surface area contributed by atoms with Crippen LogP contribution in [0.15, 0.2) is 45.8 Å². The first-order chi connectivity index (χ1) is 11.5. The second kappa shape index (κ2) is 6.84. The van der Waals surface area contributed by atoms with Gasteiger partial charge in [0.15, 0.2) is 5.82 Å². The van der Waals surface area contributed by atoms with Crippen molar-refractivity contribution in [2.45, 2.75) is 19.4 Å². The van der Waals surface area contributed by atoms with E-state index in [1.807, 2.05) is 37.3 Å². The van der Waals surface area contributed by atoms with Gasteiger partial charge in [-0.1, -0.05) is 47.1 Å². The van der Waals surface area contributed by atoms with Gasteiger partial charge < -0.3 is 9.84 Å². The quantitative estimate of drug-likeness (QED) is 0.765. The van der Waals surface area contributed by atoms with Crippen molar-refractivity contribution in [3.05, 3.63) is 69.2 Å². The summed E-state index contributed by atoms with van der Waals surface area (Å²) in [6.45, 7) is 1.85. The summed E-state index contributed by atoms with van der Waals surface area (Å²) in [5.41, 5.74) is 1.15. The maximum Gasteiger partial charge on any atom is 0.287 e. The summed E-state index contributed by atoms with van der Waals surface area (Å²) >= 11 is 6.04. The Balaban J connectivity index is 1.73. The molecule has 0 saturated heterocycles. The Hall–Kier alpha value is -2.67. The fraction of sp³-hybridized carbons (Fsp3) is 0.250. The van der Waals surface area contributed by atoms with E-state index in [-0.39, 0.29) is 16.6 Å². The molecule has 0 aliphatic rings. The Bertz CT molecular complexity index is 891. The lowest BCUT2D eigenvalue weighted by Crippen LogP contribution is -2.21. The molecule has 8 heteroatoms. The van der Waals surface area contributed by atoms with Crippen LogP contribution in [0.1, 0.15) is 30.2 Å². The third-order valence-electron chi connectivity index (χ3n) is 3.52. The Labute approximate surface area is 143 Å². The Morgan fingerprint density at radius 2 is 2.08 bits per heavy atom. The molecule has 0 fully saturated rings. The lowest BCUT2D eigenvalue weighted by Gasteiger charge is -2.12. The largest absolute Gasteiger partial charge is 0.373 e. The zero-order valence-corrected chi connectivity index (χ0v) is 14.0. The number of anilines is 1. The number of halogens is 1. The summed E-state index contributed by atoms with van der Waals surface area (Å²) in [7, 11) is 1.54. The van der Waals surface area contributed by atoms with Crippen LogP contribution in [0, 0.1) is 0 Å². The number of benzene rings is 1. The number of hydrogen-bond donors (Lipinski definition) is 1. The molecule has 0 unspecified atom stereocenters. The van der Waals surface area contributed by atoms with E-state index in [2.05, 4.69) is 20.6 Å². The van der Waals surface area contributed by atoms with Gasteiger partial charge in [-0.25, -0.2) is 4.68 Å². The highest BCUT2D eigenvalue weighted by molar-refractivity contribution is 6.32. The van der Waals surface area contributed by atoms with Gasteiger partial charge in [0, 0.05) is 7.05 Å². The van der Waals surface area contributed by atoms with E-state index in [1.54, 1.807) is 0 Å². The smallest absolute Gasteiger partial charge is 0.287 e. The zero-order valence-electron chi connectivity index (χ0n) is 13.2. The third kappa shape index (κ3) is 3.46. The summed E-state index contributed by atoms with van der Waals surface area (Å²) in [6.07, 6.45) is 2.06. The SMILES string of the molecule is C[C@@H](Nc1cnn(C)c(=O)c1Cl)c1noc(Cc2ccccc2)n1. The van der Waals surface area contributed by atoms with Crippen molar-refractivity contribution in [3.8, 4) is 0 Å². The lowest BCUT2D eigenvalue weighted by molar-refractivity contribution is 0.378. The normalized spacial score (nSPS) is 12.1. The van der Waals surface area contributed by atoms with E-state index >= 15 is 0 Å². The number of nitrogens with zero attached hydrogens (tertiary/aromatic N) is 4. The first kappa shape index (κ1) is 16.2. The highest BCUT2D eigenvalue weighted by atomic mass is 35.5. The van der Waals surface area contributed by atoms with Gasteiger partial charge in [-0.15, -0.1) is 0 Å². The topological polar surface area (TPSA) is 85.8 Å². The van der Waals surface area contributed by atoms with Crippen molar-refractivity contribution in [3.63, 3.8) is 0 Å². The van der Waals surface area contributed by atoms with Crippen LogP contribution in [0.3, 0.4) is 0 Å². The number of nitrogens with one attached hydrogen (secondary N) is 1. The van der Waals surface area contributed by atoms with Crippen molar-refractivity contribution in [2.24, 2.45) is 7.05 Å². The van der Waals surface area contributed by atoms with Crippen LogP contribution in [0.4, 0.5) is 5.69 Å². The van der Waals surface area contributed by atoms with E-state index in [1.165, 1.54) is 17.9 Å². The average Bonchev–Trinajstić information content (AvgIpc) is 3.05. The Kier molecular flexibility index (Phi) is 4.61. The fourth-order valence-corrected chi connectivity index (χ4v) is 2.42. The first-order valence-corrected chi connectivity index (χ1v) is 7.77. The van der Waals surface area contributed by atoms with Crippen molar-refractivity contribution in [1.29, 1.82) is 0 Å². The molecule has 3 rings (SSSR count). The van der Waals surface area contributed by atoms with Gasteiger partial charge in [0.2, 0.25) is 5.89 Å². The molecule has 0 aliphatic carbocycles. The molecule has 0 amide bonds. The van der Waals surface area contributed by atoms with E-state index in [9.17, 15) is 4.79 Å². The molecule has 1 aromatic carbocycles. The molecule has 0 bridgehead atoms. The predicted octanol–water partition coefficient (Wildman–Crippen LogP) is 2.58. The molecule has 0 radical (unpaired) electrons. The molecular formula is C16H16ClN5O2. The third-order valence-corrected chi connectivity index (χ3v) is 3.88. The minimum absolute atomic E-state index is 0.0763. The van der Waals surface area contributed by atoms with Crippen LogP contribution < -0.4 is 10.9 Å². The highest BCUT2D eigenvalue weighted by Gasteiger charge is 2.16. The fourth-order valence-electron chi connectivity index (χ4n) is 2.20. The van der Waals surface area contributed by atoms with Gasteiger partial charge >= 0.3 is 0 Å². The summed E-state index contributed by atoms with van der Waals surface area (Å²) in [6, 6.07) is 9.58. The molecule has 3 aromatic rings. The lowest BCUT2D eigenvalue weighted by atomic mass is 10.1. The van der Waals surface area contributed by atoms with Crippen LogP contribution in [-0.4, -0.2) is 19.9 Å². The average molecular weight is 346 g/mol. The molecule has 1 atom stereocenters. The number of aryl methyl sites for hydroxylation is 1. The molecule has 0 saturated carbocycles. The second-order valence-electron chi connectivity index (χ2n) is 5.38. The van der Waals surface area contributed by atoms with E-state index in [0.29, 0.717) is 23.8 Å². The standard InChI is InChI=1S/C16H16ClN5O2/c1-10(19-12-9-18-22(2)16(23)14(12)17)15-20-13(24-21-15)8-11-6-4-3-5-7-11/h3-7,9-10,19H,8H2,1-2H3/t10-/m1/s1. The molecular weight excluding hydrogens is 330 g/mol. The summed E-state index contributed by atoms with van der Waals surface area (Å²) in [4.78, 5) is 16.2. The van der Waals surface area contributed by atoms with Crippen LogP contribution in [-0.2, 0) is 13.5 Å². The van der Waals surface area contributed by atoms with Gasteiger partial charge in [-0.2, -0.15) is 10.1 Å². The Morgan fingerprint density at radius 1 is 1.33 bits per heavy atom.